The normalized spacial score (nSPS) is 12.1. The number of aliphatic hydroxyl groups is 1. The predicted octanol–water partition coefficient (Wildman–Crippen LogP) is 1.73. The minimum atomic E-state index is -0.152. The maximum absolute atomic E-state index is 12.3. The molecule has 100 valence electrons. The zero-order valence-electron chi connectivity index (χ0n) is 10.6. The molecule has 0 saturated carbocycles. The average Bonchev–Trinajstić information content (AvgIpc) is 2.98. The molecule has 0 radical (unpaired) electrons. The number of carbonyl (C=O) groups excluding carboxylic acids is 1. The van der Waals surface area contributed by atoms with Crippen LogP contribution in [0, 0.1) is 0 Å². The van der Waals surface area contributed by atoms with Crippen LogP contribution in [-0.4, -0.2) is 39.2 Å². The molecule has 0 saturated heterocycles. The molecule has 2 rings (SSSR count). The zero-order chi connectivity index (χ0) is 13.7. The van der Waals surface area contributed by atoms with E-state index in [9.17, 15) is 9.90 Å². The minimum absolute atomic E-state index is 0.0259. The van der Waals surface area contributed by atoms with Crippen LogP contribution < -0.4 is 0 Å². The fourth-order valence-electron chi connectivity index (χ4n) is 1.96. The van der Waals surface area contributed by atoms with E-state index in [4.69, 9.17) is 0 Å². The summed E-state index contributed by atoms with van der Waals surface area (Å²) in [5.74, 6) is -0.127. The summed E-state index contributed by atoms with van der Waals surface area (Å²) < 4.78 is 3.70. The van der Waals surface area contributed by atoms with Crippen LogP contribution in [0.1, 0.15) is 27.7 Å². The van der Waals surface area contributed by atoms with Gasteiger partial charge in [0.2, 0.25) is 0 Å². The summed E-state index contributed by atoms with van der Waals surface area (Å²) in [6, 6.07) is 9.53. The third kappa shape index (κ3) is 3.15. The summed E-state index contributed by atoms with van der Waals surface area (Å²) >= 11 is 1.08. The molecular formula is C13H15N3O2S. The van der Waals surface area contributed by atoms with Crippen molar-refractivity contribution in [2.24, 2.45) is 0 Å². The van der Waals surface area contributed by atoms with Gasteiger partial charge in [0.05, 0.1) is 12.2 Å². The van der Waals surface area contributed by atoms with Gasteiger partial charge in [-0.25, -0.2) is 0 Å². The number of amides is 1. The van der Waals surface area contributed by atoms with E-state index >= 15 is 0 Å². The standard InChI is InChI=1S/C13H15N3O2S/c1-16(13(18)12-9-14-15-19-12)11(7-8-17)10-5-3-2-4-6-10/h2-6,9,11,17H,7-8H2,1H3. The lowest BCUT2D eigenvalue weighted by atomic mass is 10.0. The average molecular weight is 277 g/mol. The number of hydrogen-bond acceptors (Lipinski definition) is 5. The fraction of sp³-hybridized carbons (Fsp3) is 0.308. The summed E-state index contributed by atoms with van der Waals surface area (Å²) in [6.07, 6.45) is 1.96. The highest BCUT2D eigenvalue weighted by Gasteiger charge is 2.23. The van der Waals surface area contributed by atoms with Crippen molar-refractivity contribution >= 4 is 17.4 Å². The van der Waals surface area contributed by atoms with Crippen molar-refractivity contribution in [3.63, 3.8) is 0 Å². The maximum Gasteiger partial charge on any atom is 0.267 e. The SMILES string of the molecule is CN(C(=O)c1cnns1)C(CCO)c1ccccc1. The molecule has 6 heteroatoms. The van der Waals surface area contributed by atoms with E-state index in [1.54, 1.807) is 11.9 Å². The predicted molar refractivity (Wildman–Crippen MR) is 72.9 cm³/mol. The van der Waals surface area contributed by atoms with Crippen molar-refractivity contribution in [2.45, 2.75) is 12.5 Å². The van der Waals surface area contributed by atoms with Crippen LogP contribution in [0.4, 0.5) is 0 Å². The third-order valence-corrected chi connectivity index (χ3v) is 3.60. The van der Waals surface area contributed by atoms with Crippen LogP contribution in [0.5, 0.6) is 0 Å². The molecule has 1 unspecified atom stereocenters. The van der Waals surface area contributed by atoms with E-state index in [2.05, 4.69) is 9.59 Å². The van der Waals surface area contributed by atoms with E-state index < -0.39 is 0 Å². The van der Waals surface area contributed by atoms with Gasteiger partial charge in [0.15, 0.2) is 0 Å². The molecule has 1 atom stereocenters. The second kappa shape index (κ2) is 6.40. The van der Waals surface area contributed by atoms with Gasteiger partial charge in [-0.1, -0.05) is 34.8 Å². The summed E-state index contributed by atoms with van der Waals surface area (Å²) in [7, 11) is 1.73. The largest absolute Gasteiger partial charge is 0.396 e. The lowest BCUT2D eigenvalue weighted by Gasteiger charge is -2.27. The van der Waals surface area contributed by atoms with Gasteiger partial charge in [-0.2, -0.15) is 0 Å². The topological polar surface area (TPSA) is 66.3 Å². The molecule has 1 aromatic carbocycles. The van der Waals surface area contributed by atoms with Crippen molar-refractivity contribution in [3.05, 3.63) is 47.0 Å². The Morgan fingerprint density at radius 1 is 1.42 bits per heavy atom. The quantitative estimate of drug-likeness (QED) is 0.904. The fourth-order valence-corrected chi connectivity index (χ4v) is 2.46. The number of carbonyl (C=O) groups is 1. The Kier molecular flexibility index (Phi) is 4.59. The maximum atomic E-state index is 12.3. The van der Waals surface area contributed by atoms with Crippen LogP contribution in [0.3, 0.4) is 0 Å². The first-order valence-corrected chi connectivity index (χ1v) is 6.71. The van der Waals surface area contributed by atoms with E-state index in [-0.39, 0.29) is 18.6 Å². The van der Waals surface area contributed by atoms with Gasteiger partial charge in [0.1, 0.15) is 4.88 Å². The summed E-state index contributed by atoms with van der Waals surface area (Å²) in [6.45, 7) is 0.0259. The summed E-state index contributed by atoms with van der Waals surface area (Å²) in [4.78, 5) is 14.4. The Hall–Kier alpha value is -1.79. The highest BCUT2D eigenvalue weighted by Crippen LogP contribution is 2.24. The van der Waals surface area contributed by atoms with Crippen LogP contribution in [0.2, 0.25) is 0 Å². The third-order valence-electron chi connectivity index (χ3n) is 2.95. The number of aliphatic hydroxyl groups excluding tert-OH is 1. The number of aromatic nitrogens is 2. The van der Waals surface area contributed by atoms with Crippen molar-refractivity contribution in [3.8, 4) is 0 Å². The van der Waals surface area contributed by atoms with E-state index in [0.717, 1.165) is 17.1 Å². The second-order valence-corrected chi connectivity index (χ2v) is 4.92. The van der Waals surface area contributed by atoms with E-state index in [1.807, 2.05) is 30.3 Å². The van der Waals surface area contributed by atoms with Crippen LogP contribution >= 0.6 is 11.5 Å². The molecule has 0 fully saturated rings. The zero-order valence-corrected chi connectivity index (χ0v) is 11.4. The Morgan fingerprint density at radius 3 is 2.74 bits per heavy atom. The van der Waals surface area contributed by atoms with E-state index in [1.165, 1.54) is 6.20 Å². The molecule has 5 nitrogen and oxygen atoms in total. The summed E-state index contributed by atoms with van der Waals surface area (Å²) in [5, 5.41) is 12.9. The summed E-state index contributed by atoms with van der Waals surface area (Å²) in [5.41, 5.74) is 1.00. The Morgan fingerprint density at radius 2 is 2.16 bits per heavy atom. The highest BCUT2D eigenvalue weighted by atomic mass is 32.1. The van der Waals surface area contributed by atoms with Gasteiger partial charge in [0.25, 0.3) is 5.91 Å². The molecule has 0 spiro atoms. The number of rotatable bonds is 5. The van der Waals surface area contributed by atoms with Gasteiger partial charge in [-0.05, 0) is 23.5 Å². The first kappa shape index (κ1) is 13.6. The molecular weight excluding hydrogens is 262 g/mol. The van der Waals surface area contributed by atoms with Crippen LogP contribution in [0.25, 0.3) is 0 Å². The van der Waals surface area contributed by atoms with Crippen LogP contribution in [0.15, 0.2) is 36.5 Å². The molecule has 0 aliphatic rings. The smallest absolute Gasteiger partial charge is 0.267 e. The monoisotopic (exact) mass is 277 g/mol. The van der Waals surface area contributed by atoms with Crippen LogP contribution in [-0.2, 0) is 0 Å². The molecule has 0 aliphatic carbocycles. The van der Waals surface area contributed by atoms with Gasteiger partial charge in [0, 0.05) is 13.7 Å². The number of hydrogen-bond donors (Lipinski definition) is 1. The molecule has 1 amide bonds. The van der Waals surface area contributed by atoms with Crippen molar-refractivity contribution in [1.29, 1.82) is 0 Å². The van der Waals surface area contributed by atoms with Crippen molar-refractivity contribution in [2.75, 3.05) is 13.7 Å². The Labute approximate surface area is 115 Å². The lowest BCUT2D eigenvalue weighted by molar-refractivity contribution is 0.0710. The van der Waals surface area contributed by atoms with Gasteiger partial charge >= 0.3 is 0 Å². The number of benzene rings is 1. The first-order chi connectivity index (χ1) is 9.24. The lowest BCUT2D eigenvalue weighted by Crippen LogP contribution is -2.31. The first-order valence-electron chi connectivity index (χ1n) is 5.94. The Bertz CT molecular complexity index is 516. The molecule has 19 heavy (non-hydrogen) atoms. The van der Waals surface area contributed by atoms with Crippen molar-refractivity contribution in [1.82, 2.24) is 14.5 Å². The Balaban J connectivity index is 2.22. The highest BCUT2D eigenvalue weighted by molar-refractivity contribution is 7.07. The molecule has 0 bridgehead atoms. The molecule has 1 N–H and O–H groups in total. The molecule has 0 aliphatic heterocycles. The number of nitrogens with zero attached hydrogens (tertiary/aromatic N) is 3. The molecule has 1 aromatic heterocycles. The molecule has 2 aromatic rings. The molecule has 1 heterocycles. The second-order valence-electron chi connectivity index (χ2n) is 4.14. The van der Waals surface area contributed by atoms with Crippen molar-refractivity contribution < 1.29 is 9.90 Å². The van der Waals surface area contributed by atoms with Gasteiger partial charge < -0.3 is 10.0 Å². The van der Waals surface area contributed by atoms with Gasteiger partial charge in [-0.3, -0.25) is 4.79 Å². The minimum Gasteiger partial charge on any atom is -0.396 e. The van der Waals surface area contributed by atoms with E-state index in [0.29, 0.717) is 11.3 Å². The van der Waals surface area contributed by atoms with Gasteiger partial charge in [-0.15, -0.1) is 5.10 Å².